The number of anilines is 1. The van der Waals surface area contributed by atoms with Gasteiger partial charge in [-0.1, -0.05) is 66.8 Å². The number of hydrogen-bond donors (Lipinski definition) is 1. The quantitative estimate of drug-likeness (QED) is 0.207. The summed E-state index contributed by atoms with van der Waals surface area (Å²) in [6.07, 6.45) is 17.8. The van der Waals surface area contributed by atoms with Crippen molar-refractivity contribution in [1.82, 2.24) is 9.13 Å². The molecule has 4 aromatic carbocycles. The van der Waals surface area contributed by atoms with Crippen molar-refractivity contribution in [3.63, 3.8) is 0 Å². The number of aryl methyl sites for hydroxylation is 1. The Balaban J connectivity index is 1.23. The number of nitrogen functional groups attached to an aromatic ring is 1. The molecule has 3 heterocycles. The Morgan fingerprint density at radius 2 is 1.35 bits per heavy atom. The second-order valence-corrected chi connectivity index (χ2v) is 12.8. The third-order valence-electron chi connectivity index (χ3n) is 10.3. The molecule has 4 nitrogen and oxygen atoms in total. The maximum absolute atomic E-state index is 7.11. The van der Waals surface area contributed by atoms with Crippen LogP contribution in [0, 0.1) is 0 Å². The highest BCUT2D eigenvalue weighted by atomic mass is 16.3. The summed E-state index contributed by atoms with van der Waals surface area (Å²) in [5.74, 6) is 0.970. The van der Waals surface area contributed by atoms with E-state index >= 15 is 0 Å². The van der Waals surface area contributed by atoms with Gasteiger partial charge in [0.1, 0.15) is 11.3 Å². The molecule has 4 heteroatoms. The average molecular weight is 596 g/mol. The van der Waals surface area contributed by atoms with Crippen molar-refractivity contribution in [2.45, 2.75) is 38.5 Å². The molecule has 0 unspecified atom stereocenters. The van der Waals surface area contributed by atoms with Gasteiger partial charge < -0.3 is 19.3 Å². The van der Waals surface area contributed by atoms with Gasteiger partial charge in [0, 0.05) is 44.5 Å². The number of nitrogens with two attached hydrogens (primary N) is 1. The van der Waals surface area contributed by atoms with Crippen LogP contribution in [0.2, 0.25) is 0 Å². The molecule has 3 aliphatic rings. The minimum Gasteiger partial charge on any atom is -0.455 e. The summed E-state index contributed by atoms with van der Waals surface area (Å²) in [5.41, 5.74) is 22.3. The Labute approximate surface area is 267 Å². The van der Waals surface area contributed by atoms with Crippen LogP contribution in [0.5, 0.6) is 0 Å². The van der Waals surface area contributed by atoms with Crippen LogP contribution >= 0.6 is 0 Å². The van der Waals surface area contributed by atoms with Gasteiger partial charge >= 0.3 is 0 Å². The molecule has 2 N–H and O–H groups in total. The smallest absolute Gasteiger partial charge is 0.145 e. The first-order valence-corrected chi connectivity index (χ1v) is 16.5. The maximum Gasteiger partial charge on any atom is 0.145 e. The molecule has 3 aromatic heterocycles. The molecule has 3 aliphatic carbocycles. The van der Waals surface area contributed by atoms with E-state index in [2.05, 4.69) is 118 Å². The highest BCUT2D eigenvalue weighted by Crippen LogP contribution is 2.46. The van der Waals surface area contributed by atoms with Crippen LogP contribution in [0.3, 0.4) is 0 Å². The lowest BCUT2D eigenvalue weighted by molar-refractivity contribution is 0.594. The van der Waals surface area contributed by atoms with Crippen LogP contribution in [0.25, 0.3) is 61.9 Å². The Hall–Kier alpha value is -5.48. The standard InChI is InChI=1S/C42H33N3O/c43-34-20-11-17-29(40(34)45-35-21-7-4-14-27(35)28-15-5-8-22-36(28)45)30-18-10-19-31-32-24-25-38-39(42(32)46-41(30)31)33-16-6-9-23-37(33)44(38)26-12-2-1-3-13-26/h1-3,6-9,11-13,16-18,20-25H,4-5,10,14-15,19,43H2. The molecule has 46 heavy (non-hydrogen) atoms. The van der Waals surface area contributed by atoms with Crippen molar-refractivity contribution >= 4 is 56.2 Å². The molecule has 7 aromatic rings. The van der Waals surface area contributed by atoms with Crippen molar-refractivity contribution in [3.8, 4) is 11.4 Å². The molecule has 0 bridgehead atoms. The van der Waals surface area contributed by atoms with E-state index in [-0.39, 0.29) is 0 Å². The van der Waals surface area contributed by atoms with Gasteiger partial charge in [0.15, 0.2) is 0 Å². The van der Waals surface area contributed by atoms with E-state index in [4.69, 9.17) is 10.2 Å². The first kappa shape index (κ1) is 25.8. The van der Waals surface area contributed by atoms with Crippen molar-refractivity contribution in [2.24, 2.45) is 0 Å². The number of hydrogen-bond acceptors (Lipinski definition) is 2. The summed E-state index contributed by atoms with van der Waals surface area (Å²) >= 11 is 0. The number of para-hydroxylation sites is 3. The van der Waals surface area contributed by atoms with Crippen molar-refractivity contribution in [1.29, 1.82) is 0 Å². The van der Waals surface area contributed by atoms with E-state index in [0.29, 0.717) is 0 Å². The number of fused-ring (bicyclic) bond motifs is 10. The lowest BCUT2D eigenvalue weighted by atomic mass is 9.89. The molecule has 0 radical (unpaired) electrons. The minimum absolute atomic E-state index is 0.786. The minimum atomic E-state index is 0.786. The fourth-order valence-electron chi connectivity index (χ4n) is 8.40. The summed E-state index contributed by atoms with van der Waals surface area (Å²) < 4.78 is 11.9. The van der Waals surface area contributed by atoms with Gasteiger partial charge in [-0.05, 0) is 98.2 Å². The molecule has 0 saturated carbocycles. The molecular weight excluding hydrogens is 562 g/mol. The number of allylic oxidation sites excluding steroid dienone is 3. The highest BCUT2D eigenvalue weighted by molar-refractivity contribution is 6.20. The largest absolute Gasteiger partial charge is 0.455 e. The van der Waals surface area contributed by atoms with Crippen LogP contribution in [-0.4, -0.2) is 9.13 Å². The lowest BCUT2D eigenvalue weighted by Gasteiger charge is -2.22. The normalized spacial score (nSPS) is 15.3. The molecule has 0 aliphatic heterocycles. The van der Waals surface area contributed by atoms with Gasteiger partial charge in [-0.15, -0.1) is 0 Å². The first-order chi connectivity index (χ1) is 22.8. The lowest BCUT2D eigenvalue weighted by Crippen LogP contribution is -2.10. The fraction of sp³-hybridized carbons (Fsp3) is 0.143. The summed E-state index contributed by atoms with van der Waals surface area (Å²) in [6.45, 7) is 0. The Bertz CT molecular complexity index is 2440. The highest BCUT2D eigenvalue weighted by Gasteiger charge is 2.30. The van der Waals surface area contributed by atoms with Gasteiger partial charge in [-0.25, -0.2) is 0 Å². The molecule has 222 valence electrons. The Kier molecular flexibility index (Phi) is 5.47. The van der Waals surface area contributed by atoms with Gasteiger partial charge in [0.05, 0.1) is 27.8 Å². The second-order valence-electron chi connectivity index (χ2n) is 12.8. The Morgan fingerprint density at radius 1 is 0.609 bits per heavy atom. The van der Waals surface area contributed by atoms with Crippen molar-refractivity contribution < 1.29 is 4.42 Å². The monoisotopic (exact) mass is 595 g/mol. The number of nitrogens with zero attached hydrogens (tertiary/aromatic N) is 2. The number of aromatic nitrogens is 2. The molecule has 0 fully saturated rings. The zero-order valence-electron chi connectivity index (χ0n) is 25.6. The molecule has 0 amide bonds. The van der Waals surface area contributed by atoms with Crippen molar-refractivity contribution in [2.75, 3.05) is 5.73 Å². The van der Waals surface area contributed by atoms with Crippen LogP contribution < -0.4 is 5.73 Å². The summed E-state index contributed by atoms with van der Waals surface area (Å²) in [4.78, 5) is 0. The van der Waals surface area contributed by atoms with Gasteiger partial charge in [0.2, 0.25) is 0 Å². The average Bonchev–Trinajstić information content (AvgIpc) is 3.76. The van der Waals surface area contributed by atoms with E-state index in [1.165, 1.54) is 49.8 Å². The SMILES string of the molecule is Nc1cccc(C2=CCCc3c2oc2c3ccc3c2c2ccccc2n3-c2ccccc2)c1-n1c2c(c3c1C=CCC3)CCC=C2. The van der Waals surface area contributed by atoms with E-state index in [1.54, 1.807) is 0 Å². The maximum atomic E-state index is 7.11. The van der Waals surface area contributed by atoms with E-state index in [0.717, 1.165) is 83.6 Å². The number of benzene rings is 4. The van der Waals surface area contributed by atoms with Crippen LogP contribution in [0.1, 0.15) is 58.7 Å². The van der Waals surface area contributed by atoms with Gasteiger partial charge in [0.25, 0.3) is 0 Å². The van der Waals surface area contributed by atoms with Gasteiger partial charge in [-0.3, -0.25) is 0 Å². The van der Waals surface area contributed by atoms with Gasteiger partial charge in [-0.2, -0.15) is 0 Å². The predicted octanol–water partition coefficient (Wildman–Crippen LogP) is 10.2. The second kappa shape index (κ2) is 9.76. The molecule has 0 spiro atoms. The number of rotatable bonds is 3. The molecular formula is C42H33N3O. The Morgan fingerprint density at radius 3 is 2.15 bits per heavy atom. The van der Waals surface area contributed by atoms with Crippen LogP contribution in [0.4, 0.5) is 5.69 Å². The van der Waals surface area contributed by atoms with E-state index in [1.807, 2.05) is 6.07 Å². The summed E-state index contributed by atoms with van der Waals surface area (Å²) in [7, 11) is 0. The van der Waals surface area contributed by atoms with Crippen LogP contribution in [0.15, 0.2) is 108 Å². The third-order valence-corrected chi connectivity index (χ3v) is 10.3. The third kappa shape index (κ3) is 3.50. The molecule has 0 saturated heterocycles. The molecule has 0 atom stereocenters. The van der Waals surface area contributed by atoms with E-state index in [9.17, 15) is 0 Å². The topological polar surface area (TPSA) is 49.0 Å². The zero-order valence-corrected chi connectivity index (χ0v) is 25.6. The van der Waals surface area contributed by atoms with E-state index < -0.39 is 0 Å². The number of furan rings is 1. The first-order valence-electron chi connectivity index (χ1n) is 16.5. The summed E-state index contributed by atoms with van der Waals surface area (Å²) in [5, 5.41) is 3.58. The zero-order chi connectivity index (χ0) is 30.4. The van der Waals surface area contributed by atoms with Crippen molar-refractivity contribution in [3.05, 3.63) is 143 Å². The molecule has 10 rings (SSSR count). The van der Waals surface area contributed by atoms with Crippen LogP contribution in [-0.2, 0) is 19.3 Å². The predicted molar refractivity (Wildman–Crippen MR) is 191 cm³/mol. The summed E-state index contributed by atoms with van der Waals surface area (Å²) in [6, 6.07) is 30.2. The fourth-order valence-corrected chi connectivity index (χ4v) is 8.40.